The smallest absolute Gasteiger partial charge is 0.254 e. The van der Waals surface area contributed by atoms with Gasteiger partial charge in [-0.1, -0.05) is 0 Å². The molecule has 1 aromatic carbocycles. The summed E-state index contributed by atoms with van der Waals surface area (Å²) in [4.78, 5) is 25.8. The molecule has 120 valence electrons. The van der Waals surface area contributed by atoms with Gasteiger partial charge in [0.25, 0.3) is 5.91 Å². The minimum atomic E-state index is -0.599. The van der Waals surface area contributed by atoms with Gasteiger partial charge < -0.3 is 15.0 Å². The number of nitrogens with zero attached hydrogens (tertiary/aromatic N) is 1. The summed E-state index contributed by atoms with van der Waals surface area (Å²) in [7, 11) is 0. The van der Waals surface area contributed by atoms with Crippen LogP contribution < -0.4 is 5.32 Å². The highest BCUT2D eigenvalue weighted by atomic mass is 35.5. The third kappa shape index (κ3) is 4.21. The number of alkyl halides is 1. The van der Waals surface area contributed by atoms with E-state index in [0.29, 0.717) is 24.3 Å². The van der Waals surface area contributed by atoms with Crippen molar-refractivity contribution in [3.63, 3.8) is 0 Å². The van der Waals surface area contributed by atoms with Crippen molar-refractivity contribution in [2.75, 3.05) is 18.4 Å². The Hall–Kier alpha value is -1.59. The van der Waals surface area contributed by atoms with E-state index in [1.54, 1.807) is 36.1 Å². The van der Waals surface area contributed by atoms with E-state index >= 15 is 0 Å². The summed E-state index contributed by atoms with van der Waals surface area (Å²) >= 11 is 5.70. The first-order valence-corrected chi connectivity index (χ1v) is 7.80. The number of benzene rings is 1. The fourth-order valence-electron chi connectivity index (χ4n) is 2.46. The summed E-state index contributed by atoms with van der Waals surface area (Å²) in [6, 6.07) is 6.83. The van der Waals surface area contributed by atoms with Crippen molar-refractivity contribution in [1.82, 2.24) is 4.90 Å². The third-order valence-electron chi connectivity index (χ3n) is 3.47. The quantitative estimate of drug-likeness (QED) is 0.869. The van der Waals surface area contributed by atoms with Crippen molar-refractivity contribution < 1.29 is 14.3 Å². The van der Waals surface area contributed by atoms with E-state index in [1.807, 2.05) is 13.8 Å². The summed E-state index contributed by atoms with van der Waals surface area (Å²) in [5, 5.41) is 2.09. The first-order chi connectivity index (χ1) is 10.4. The van der Waals surface area contributed by atoms with E-state index < -0.39 is 5.38 Å². The van der Waals surface area contributed by atoms with Crippen LogP contribution in [0.2, 0.25) is 0 Å². The number of hydrogen-bond acceptors (Lipinski definition) is 3. The number of nitrogens with one attached hydrogen (secondary N) is 1. The largest absolute Gasteiger partial charge is 0.372 e. The molecule has 3 atom stereocenters. The minimum Gasteiger partial charge on any atom is -0.372 e. The fraction of sp³-hybridized carbons (Fsp3) is 0.500. The number of ether oxygens (including phenoxy) is 1. The molecule has 5 nitrogen and oxygen atoms in total. The van der Waals surface area contributed by atoms with Gasteiger partial charge in [0.15, 0.2) is 0 Å². The molecule has 1 N–H and O–H groups in total. The number of halogens is 1. The van der Waals surface area contributed by atoms with E-state index in [1.165, 1.54) is 0 Å². The zero-order valence-corrected chi connectivity index (χ0v) is 13.8. The van der Waals surface area contributed by atoms with Crippen LogP contribution in [-0.4, -0.2) is 47.4 Å². The Morgan fingerprint density at radius 1 is 1.23 bits per heavy atom. The highest BCUT2D eigenvalue weighted by molar-refractivity contribution is 6.32. The Kier molecular flexibility index (Phi) is 5.42. The lowest BCUT2D eigenvalue weighted by Gasteiger charge is -2.35. The lowest BCUT2D eigenvalue weighted by molar-refractivity contribution is -0.115. The molecule has 1 heterocycles. The zero-order chi connectivity index (χ0) is 16.3. The monoisotopic (exact) mass is 324 g/mol. The van der Waals surface area contributed by atoms with Crippen LogP contribution >= 0.6 is 11.6 Å². The van der Waals surface area contributed by atoms with Gasteiger partial charge in [-0.2, -0.15) is 0 Å². The SMILES string of the molecule is CC1CN(C(=O)c2ccc(NC(=O)C(C)Cl)cc2)CC(C)O1. The van der Waals surface area contributed by atoms with Gasteiger partial charge in [0.05, 0.1) is 12.2 Å². The second-order valence-corrected chi connectivity index (χ2v) is 6.30. The van der Waals surface area contributed by atoms with Crippen LogP contribution in [-0.2, 0) is 9.53 Å². The lowest BCUT2D eigenvalue weighted by atomic mass is 10.1. The van der Waals surface area contributed by atoms with Gasteiger partial charge in [-0.3, -0.25) is 9.59 Å². The molecule has 0 aliphatic carbocycles. The van der Waals surface area contributed by atoms with Crippen molar-refractivity contribution in [1.29, 1.82) is 0 Å². The average Bonchev–Trinajstić information content (AvgIpc) is 2.46. The maximum Gasteiger partial charge on any atom is 0.254 e. The summed E-state index contributed by atoms with van der Waals surface area (Å²) < 4.78 is 5.63. The Morgan fingerprint density at radius 2 is 1.77 bits per heavy atom. The Balaban J connectivity index is 2.03. The summed E-state index contributed by atoms with van der Waals surface area (Å²) in [5.74, 6) is -0.290. The topological polar surface area (TPSA) is 58.6 Å². The standard InChI is InChI=1S/C16H21ClN2O3/c1-10-8-19(9-11(2)22-10)16(21)13-4-6-14(7-5-13)18-15(20)12(3)17/h4-7,10-12H,8-9H2,1-3H3,(H,18,20). The molecular weight excluding hydrogens is 304 g/mol. The fourth-order valence-corrected chi connectivity index (χ4v) is 2.52. The Morgan fingerprint density at radius 3 is 2.27 bits per heavy atom. The predicted molar refractivity (Wildman–Crippen MR) is 86.3 cm³/mol. The van der Waals surface area contributed by atoms with Gasteiger partial charge in [-0.05, 0) is 45.0 Å². The second-order valence-electron chi connectivity index (χ2n) is 5.65. The van der Waals surface area contributed by atoms with E-state index in [4.69, 9.17) is 16.3 Å². The van der Waals surface area contributed by atoms with E-state index in [0.717, 1.165) is 0 Å². The van der Waals surface area contributed by atoms with Crippen LogP contribution in [0.3, 0.4) is 0 Å². The number of rotatable bonds is 3. The first kappa shape index (κ1) is 16.8. The highest BCUT2D eigenvalue weighted by Crippen LogP contribution is 2.16. The summed E-state index contributed by atoms with van der Waals surface area (Å²) in [5.41, 5.74) is 1.22. The molecule has 0 aromatic heterocycles. The van der Waals surface area contributed by atoms with Crippen LogP contribution in [0.1, 0.15) is 31.1 Å². The predicted octanol–water partition coefficient (Wildman–Crippen LogP) is 2.50. The molecule has 1 saturated heterocycles. The molecule has 3 unspecified atom stereocenters. The van der Waals surface area contributed by atoms with Gasteiger partial charge in [-0.15, -0.1) is 11.6 Å². The van der Waals surface area contributed by atoms with E-state index in [2.05, 4.69) is 5.32 Å². The van der Waals surface area contributed by atoms with E-state index in [-0.39, 0.29) is 24.0 Å². The molecule has 2 amide bonds. The van der Waals surface area contributed by atoms with Gasteiger partial charge >= 0.3 is 0 Å². The molecule has 0 spiro atoms. The lowest BCUT2D eigenvalue weighted by Crippen LogP contribution is -2.48. The number of hydrogen-bond donors (Lipinski definition) is 1. The molecule has 1 aromatic rings. The van der Waals surface area contributed by atoms with Crippen LogP contribution in [0.15, 0.2) is 24.3 Å². The first-order valence-electron chi connectivity index (χ1n) is 7.36. The number of anilines is 1. The Labute approximate surface area is 135 Å². The molecule has 22 heavy (non-hydrogen) atoms. The maximum absolute atomic E-state index is 12.5. The van der Waals surface area contributed by atoms with Gasteiger partial charge in [0.1, 0.15) is 5.38 Å². The summed E-state index contributed by atoms with van der Waals surface area (Å²) in [6.07, 6.45) is 0.0768. The molecular formula is C16H21ClN2O3. The molecule has 1 aliphatic rings. The zero-order valence-electron chi connectivity index (χ0n) is 13.0. The Bertz CT molecular complexity index is 535. The number of carbonyl (C=O) groups is 2. The van der Waals surface area contributed by atoms with Gasteiger partial charge in [-0.25, -0.2) is 0 Å². The average molecular weight is 325 g/mol. The number of carbonyl (C=O) groups excluding carboxylic acids is 2. The van der Waals surface area contributed by atoms with Crippen molar-refractivity contribution in [3.05, 3.63) is 29.8 Å². The van der Waals surface area contributed by atoms with Crippen LogP contribution in [0.25, 0.3) is 0 Å². The van der Waals surface area contributed by atoms with Crippen LogP contribution in [0, 0.1) is 0 Å². The van der Waals surface area contributed by atoms with Gasteiger partial charge in [0, 0.05) is 24.3 Å². The highest BCUT2D eigenvalue weighted by Gasteiger charge is 2.26. The van der Waals surface area contributed by atoms with Crippen molar-refractivity contribution in [2.24, 2.45) is 0 Å². The molecule has 1 fully saturated rings. The van der Waals surface area contributed by atoms with Gasteiger partial charge in [0.2, 0.25) is 5.91 Å². The van der Waals surface area contributed by atoms with Crippen molar-refractivity contribution in [2.45, 2.75) is 38.4 Å². The maximum atomic E-state index is 12.5. The number of amides is 2. The molecule has 6 heteroatoms. The number of morpholine rings is 1. The molecule has 1 aliphatic heterocycles. The molecule has 2 rings (SSSR count). The normalized spacial score (nSPS) is 23.0. The third-order valence-corrected chi connectivity index (χ3v) is 3.67. The van der Waals surface area contributed by atoms with Crippen LogP contribution in [0.5, 0.6) is 0 Å². The van der Waals surface area contributed by atoms with Crippen molar-refractivity contribution >= 4 is 29.1 Å². The molecule has 0 saturated carbocycles. The van der Waals surface area contributed by atoms with Crippen molar-refractivity contribution in [3.8, 4) is 0 Å². The van der Waals surface area contributed by atoms with E-state index in [9.17, 15) is 9.59 Å². The minimum absolute atomic E-state index is 0.0226. The molecule has 0 bridgehead atoms. The van der Waals surface area contributed by atoms with Crippen LogP contribution in [0.4, 0.5) is 5.69 Å². The summed E-state index contributed by atoms with van der Waals surface area (Å²) in [6.45, 7) is 6.70. The molecule has 0 radical (unpaired) electrons. The second kappa shape index (κ2) is 7.11.